The van der Waals surface area contributed by atoms with E-state index in [9.17, 15) is 22.5 Å². The Morgan fingerprint density at radius 3 is 2.37 bits per heavy atom. The fourth-order valence-electron chi connectivity index (χ4n) is 7.12. The Morgan fingerprint density at radius 1 is 1.07 bits per heavy atom. The molecule has 152 valence electrons. The number of aldehydes is 2. The molecule has 0 aromatic carbocycles. The van der Waals surface area contributed by atoms with Crippen LogP contribution in [0.3, 0.4) is 0 Å². The molecule has 27 heavy (non-hydrogen) atoms. The van der Waals surface area contributed by atoms with Gasteiger partial charge in [0.25, 0.3) is 0 Å². The van der Waals surface area contributed by atoms with Gasteiger partial charge in [-0.15, -0.1) is 0 Å². The fourth-order valence-corrected chi connectivity index (χ4v) is 7.12. The van der Waals surface area contributed by atoms with Crippen LogP contribution < -0.4 is 0 Å². The lowest BCUT2D eigenvalue weighted by atomic mass is 9.38. The molecule has 0 aromatic heterocycles. The topological polar surface area (TPSA) is 43.4 Å². The first-order valence-corrected chi connectivity index (χ1v) is 10.1. The van der Waals surface area contributed by atoms with Crippen molar-refractivity contribution in [1.82, 2.24) is 0 Å². The maximum atomic E-state index is 12.6. The zero-order valence-electron chi connectivity index (χ0n) is 16.5. The van der Waals surface area contributed by atoms with E-state index in [0.29, 0.717) is 37.4 Å². The van der Waals surface area contributed by atoms with Crippen molar-refractivity contribution in [1.29, 1.82) is 0 Å². The third kappa shape index (κ3) is 3.34. The minimum atomic E-state index is -5.37. The molecule has 0 aliphatic heterocycles. The Morgan fingerprint density at radius 2 is 1.78 bits per heavy atom. The quantitative estimate of drug-likeness (QED) is 0.381. The van der Waals surface area contributed by atoms with Crippen molar-refractivity contribution in [3.63, 3.8) is 0 Å². The van der Waals surface area contributed by atoms with E-state index in [1.165, 1.54) is 0 Å². The predicted octanol–water partition coefficient (Wildman–Crippen LogP) is 4.96. The summed E-state index contributed by atoms with van der Waals surface area (Å²) in [6.07, 6.45) is 7.39. The van der Waals surface area contributed by atoms with Gasteiger partial charge in [-0.25, -0.2) is 0 Å². The summed E-state index contributed by atoms with van der Waals surface area (Å²) in [5.74, 6) is 0.177. The molecule has 5 atom stereocenters. The van der Waals surface area contributed by atoms with E-state index in [0.717, 1.165) is 32.0 Å². The predicted molar refractivity (Wildman–Crippen MR) is 97.5 cm³/mol. The summed E-state index contributed by atoms with van der Waals surface area (Å²) in [6.45, 7) is 6.24. The van der Waals surface area contributed by atoms with Crippen LogP contribution in [0.15, 0.2) is 0 Å². The first-order valence-electron chi connectivity index (χ1n) is 10.1. The standard InChI is InChI=1S/C20H30BF3O3/c1-18(2)8-4-9-19(3)16(18)7-10-20(13-26)15(11-25)14(5-6-17(19)20)12-27-21(22,23)24/h11,13,15-17H,4-10,12H2,1-3H3/t15-,16+,17-,19+,20-/m1/s1. The van der Waals surface area contributed by atoms with Gasteiger partial charge >= 0.3 is 7.18 Å². The molecule has 0 radical (unpaired) electrons. The largest absolute Gasteiger partial charge is 0.640 e. The van der Waals surface area contributed by atoms with Gasteiger partial charge in [0, 0.05) is 0 Å². The van der Waals surface area contributed by atoms with Gasteiger partial charge in [0.2, 0.25) is 0 Å². The van der Waals surface area contributed by atoms with Crippen molar-refractivity contribution in [2.75, 3.05) is 6.61 Å². The second kappa shape index (κ2) is 6.82. The average molecular weight is 386 g/mol. The molecule has 0 spiro atoms. The van der Waals surface area contributed by atoms with Crippen LogP contribution in [0.5, 0.6) is 0 Å². The van der Waals surface area contributed by atoms with Crippen molar-refractivity contribution in [2.45, 2.75) is 65.7 Å². The molecule has 3 aliphatic carbocycles. The maximum Gasteiger partial charge on any atom is 0.640 e. The Hall–Kier alpha value is -0.975. The van der Waals surface area contributed by atoms with Crippen LogP contribution in [0.25, 0.3) is 0 Å². The monoisotopic (exact) mass is 386 g/mol. The molecule has 0 heterocycles. The highest BCUT2D eigenvalue weighted by molar-refractivity contribution is 6.51. The fraction of sp³-hybridized carbons (Fsp3) is 0.850. The molecule has 3 rings (SSSR count). The van der Waals surface area contributed by atoms with E-state index >= 15 is 0 Å². The van der Waals surface area contributed by atoms with Gasteiger partial charge in [-0.3, -0.25) is 4.79 Å². The highest BCUT2D eigenvalue weighted by atomic mass is 19.4. The van der Waals surface area contributed by atoms with Crippen molar-refractivity contribution < 1.29 is 27.2 Å². The van der Waals surface area contributed by atoms with Gasteiger partial charge < -0.3 is 22.4 Å². The second-order valence-corrected chi connectivity index (χ2v) is 9.86. The van der Waals surface area contributed by atoms with E-state index in [2.05, 4.69) is 25.4 Å². The molecule has 0 amide bonds. The number of carbonyl (C=O) groups excluding carboxylic acids is 2. The van der Waals surface area contributed by atoms with E-state index in [-0.39, 0.29) is 16.7 Å². The zero-order valence-corrected chi connectivity index (χ0v) is 16.5. The number of rotatable bonds is 5. The summed E-state index contributed by atoms with van der Waals surface area (Å²) in [6, 6.07) is 0. The van der Waals surface area contributed by atoms with Crippen LogP contribution in [-0.2, 0) is 14.2 Å². The van der Waals surface area contributed by atoms with E-state index in [1.54, 1.807) is 0 Å². The SMILES string of the molecule is CC1(C)CCC[C@]2(C)[C@H]3CC[C+](CO[B-](F)(F)F)[C@@H](C=O)[C@]3(C=O)CC[C@@H]12. The molecule has 3 aliphatic rings. The Balaban J connectivity index is 1.93. The zero-order chi connectivity index (χ0) is 20.1. The molecule has 0 unspecified atom stereocenters. The third-order valence-electron chi connectivity index (χ3n) is 8.17. The molecular weight excluding hydrogens is 356 g/mol. The van der Waals surface area contributed by atoms with Gasteiger partial charge in [-0.1, -0.05) is 27.2 Å². The van der Waals surface area contributed by atoms with Crippen molar-refractivity contribution in [2.24, 2.45) is 34.0 Å². The molecular formula is C20H30BF3O3. The van der Waals surface area contributed by atoms with E-state index in [1.807, 2.05) is 0 Å². The Bertz CT molecular complexity index is 594. The number of hydrogen-bond acceptors (Lipinski definition) is 3. The summed E-state index contributed by atoms with van der Waals surface area (Å²) in [5.41, 5.74) is -0.747. The number of hydrogen-bond donors (Lipinski definition) is 0. The molecule has 3 fully saturated rings. The lowest BCUT2D eigenvalue weighted by molar-refractivity contribution is -0.171. The van der Waals surface area contributed by atoms with Crippen LogP contribution in [0.1, 0.15) is 65.7 Å². The molecule has 3 nitrogen and oxygen atoms in total. The first kappa shape index (κ1) is 20.8. The van der Waals surface area contributed by atoms with Crippen LogP contribution in [-0.4, -0.2) is 26.4 Å². The molecule has 0 N–H and O–H groups in total. The number of carbonyl (C=O) groups is 2. The van der Waals surface area contributed by atoms with Gasteiger partial charge in [0.05, 0.1) is 11.8 Å². The minimum absolute atomic E-state index is 0.0381. The minimum Gasteiger partial charge on any atom is -0.472 e. The molecule has 7 heteroatoms. The van der Waals surface area contributed by atoms with Gasteiger partial charge in [0.15, 0.2) is 18.8 Å². The van der Waals surface area contributed by atoms with Crippen molar-refractivity contribution in [3.8, 4) is 0 Å². The Labute approximate surface area is 159 Å². The van der Waals surface area contributed by atoms with Crippen LogP contribution in [0.2, 0.25) is 0 Å². The van der Waals surface area contributed by atoms with Crippen LogP contribution in [0, 0.1) is 39.9 Å². The second-order valence-electron chi connectivity index (χ2n) is 9.86. The lowest BCUT2D eigenvalue weighted by Gasteiger charge is -2.63. The third-order valence-corrected chi connectivity index (χ3v) is 8.17. The smallest absolute Gasteiger partial charge is 0.472 e. The molecule has 0 bridgehead atoms. The summed E-state index contributed by atoms with van der Waals surface area (Å²) in [5, 5.41) is 0. The van der Waals surface area contributed by atoms with Gasteiger partial charge in [-0.05, 0) is 54.8 Å². The summed E-state index contributed by atoms with van der Waals surface area (Å²) < 4.78 is 41.9. The summed E-state index contributed by atoms with van der Waals surface area (Å²) in [7, 11) is -5.37. The highest BCUT2D eigenvalue weighted by Gasteiger charge is 2.67. The normalized spacial score (nSPS) is 41.4. The molecule has 3 saturated carbocycles. The van der Waals surface area contributed by atoms with Crippen LogP contribution >= 0.6 is 0 Å². The Kier molecular flexibility index (Phi) is 5.24. The molecule has 0 aromatic rings. The summed E-state index contributed by atoms with van der Waals surface area (Å²) >= 11 is 0. The lowest BCUT2D eigenvalue weighted by Crippen LogP contribution is -2.61. The summed E-state index contributed by atoms with van der Waals surface area (Å²) in [4.78, 5) is 24.4. The van der Waals surface area contributed by atoms with Gasteiger partial charge in [0.1, 0.15) is 12.2 Å². The van der Waals surface area contributed by atoms with E-state index < -0.39 is 25.1 Å². The number of fused-ring (bicyclic) bond motifs is 3. The highest BCUT2D eigenvalue weighted by Crippen LogP contribution is 2.68. The molecule has 0 saturated heterocycles. The number of halogens is 3. The van der Waals surface area contributed by atoms with Crippen molar-refractivity contribution in [3.05, 3.63) is 5.92 Å². The van der Waals surface area contributed by atoms with Crippen molar-refractivity contribution >= 4 is 19.8 Å². The van der Waals surface area contributed by atoms with Crippen LogP contribution in [0.4, 0.5) is 12.9 Å². The van der Waals surface area contributed by atoms with Gasteiger partial charge in [-0.2, -0.15) is 0 Å². The first-order chi connectivity index (χ1) is 12.5. The average Bonchev–Trinajstić information content (AvgIpc) is 2.57. The maximum absolute atomic E-state index is 12.6. The van der Waals surface area contributed by atoms with E-state index in [4.69, 9.17) is 0 Å².